The van der Waals surface area contributed by atoms with Gasteiger partial charge in [0.05, 0.1) is 4.88 Å². The van der Waals surface area contributed by atoms with Gasteiger partial charge < -0.3 is 5.32 Å². The number of rotatable bonds is 4. The van der Waals surface area contributed by atoms with E-state index >= 15 is 0 Å². The molecule has 0 spiro atoms. The molecule has 0 aliphatic heterocycles. The summed E-state index contributed by atoms with van der Waals surface area (Å²) in [6, 6.07) is 8.52. The molecule has 1 aliphatic carbocycles. The highest BCUT2D eigenvalue weighted by atomic mass is 32.1. The fraction of sp³-hybridized carbons (Fsp3) is 0.312. The molecule has 0 unspecified atom stereocenters. The van der Waals surface area contributed by atoms with Gasteiger partial charge in [-0.15, -0.1) is 11.3 Å². The molecule has 0 radical (unpaired) electrons. The Kier molecular flexibility index (Phi) is 3.34. The first-order valence-corrected chi connectivity index (χ1v) is 7.56. The van der Waals surface area contributed by atoms with Crippen molar-refractivity contribution in [1.82, 2.24) is 5.32 Å². The van der Waals surface area contributed by atoms with Crippen molar-refractivity contribution in [3.63, 3.8) is 0 Å². The Bertz CT molecular complexity index is 628. The molecule has 1 saturated carbocycles. The average molecular weight is 289 g/mol. The number of aryl methyl sites for hydroxylation is 1. The van der Waals surface area contributed by atoms with E-state index in [0.29, 0.717) is 6.54 Å². The summed E-state index contributed by atoms with van der Waals surface area (Å²) in [6.07, 6.45) is 2.09. The van der Waals surface area contributed by atoms with Crippen molar-refractivity contribution >= 4 is 17.2 Å². The Hall–Kier alpha value is -1.68. The molecule has 0 saturated heterocycles. The largest absolute Gasteiger partial charge is 0.350 e. The first-order chi connectivity index (χ1) is 9.59. The maximum atomic E-state index is 13.0. The normalized spacial score (nSPS) is 15.9. The molecule has 0 bridgehead atoms. The van der Waals surface area contributed by atoms with Crippen molar-refractivity contribution in [2.75, 3.05) is 6.54 Å². The zero-order valence-electron chi connectivity index (χ0n) is 11.3. The average Bonchev–Trinajstić information content (AvgIpc) is 3.11. The lowest BCUT2D eigenvalue weighted by Crippen LogP contribution is -2.31. The van der Waals surface area contributed by atoms with Crippen LogP contribution >= 0.6 is 11.3 Å². The number of carbonyl (C=O) groups is 1. The summed E-state index contributed by atoms with van der Waals surface area (Å²) < 4.78 is 13.0. The second-order valence-electron chi connectivity index (χ2n) is 5.46. The van der Waals surface area contributed by atoms with Gasteiger partial charge in [0, 0.05) is 12.0 Å². The molecular formula is C16H16FNOS. The molecule has 104 valence electrons. The molecule has 1 N–H and O–H groups in total. The van der Waals surface area contributed by atoms with Crippen LogP contribution in [0.1, 0.15) is 33.6 Å². The maximum Gasteiger partial charge on any atom is 0.261 e. The molecule has 3 rings (SSSR count). The van der Waals surface area contributed by atoms with Crippen LogP contribution in [0.3, 0.4) is 0 Å². The minimum atomic E-state index is -0.220. The van der Waals surface area contributed by atoms with Gasteiger partial charge in [-0.1, -0.05) is 12.1 Å². The highest BCUT2D eigenvalue weighted by molar-refractivity contribution is 7.12. The van der Waals surface area contributed by atoms with E-state index in [2.05, 4.69) is 5.32 Å². The second kappa shape index (κ2) is 5.02. The van der Waals surface area contributed by atoms with Gasteiger partial charge in [0.2, 0.25) is 0 Å². The van der Waals surface area contributed by atoms with E-state index in [1.165, 1.54) is 23.5 Å². The molecule has 1 amide bonds. The van der Waals surface area contributed by atoms with E-state index in [9.17, 15) is 9.18 Å². The highest BCUT2D eigenvalue weighted by Gasteiger charge is 2.44. The van der Waals surface area contributed by atoms with Crippen molar-refractivity contribution in [3.8, 4) is 0 Å². The molecule has 2 nitrogen and oxygen atoms in total. The van der Waals surface area contributed by atoms with E-state index in [0.717, 1.165) is 28.8 Å². The van der Waals surface area contributed by atoms with E-state index in [4.69, 9.17) is 0 Å². The van der Waals surface area contributed by atoms with Crippen LogP contribution in [0.4, 0.5) is 4.39 Å². The molecule has 4 heteroatoms. The maximum absolute atomic E-state index is 13.0. The lowest BCUT2D eigenvalue weighted by molar-refractivity contribution is 0.0953. The van der Waals surface area contributed by atoms with Gasteiger partial charge in [-0.2, -0.15) is 0 Å². The summed E-state index contributed by atoms with van der Waals surface area (Å²) >= 11 is 1.46. The minimum absolute atomic E-state index is 0.00959. The summed E-state index contributed by atoms with van der Waals surface area (Å²) in [5.74, 6) is -0.237. The molecule has 1 fully saturated rings. The molecule has 1 aromatic heterocycles. The quantitative estimate of drug-likeness (QED) is 0.914. The number of hydrogen-bond acceptors (Lipinski definition) is 2. The van der Waals surface area contributed by atoms with E-state index in [1.807, 2.05) is 30.5 Å². The first kappa shape index (κ1) is 13.3. The monoisotopic (exact) mass is 289 g/mol. The Morgan fingerprint density at radius 3 is 2.60 bits per heavy atom. The van der Waals surface area contributed by atoms with E-state index < -0.39 is 0 Å². The summed E-state index contributed by atoms with van der Waals surface area (Å²) in [6.45, 7) is 2.60. The molecule has 2 aromatic rings. The highest BCUT2D eigenvalue weighted by Crippen LogP contribution is 2.47. The SMILES string of the molecule is Cc1csc(C(=O)NCC2(c3ccc(F)cc3)CC2)c1. The third kappa shape index (κ3) is 2.61. The molecule has 20 heavy (non-hydrogen) atoms. The lowest BCUT2D eigenvalue weighted by Gasteiger charge is -2.16. The van der Waals surface area contributed by atoms with Gasteiger partial charge in [0.1, 0.15) is 5.82 Å². The molecular weight excluding hydrogens is 273 g/mol. The van der Waals surface area contributed by atoms with Crippen LogP contribution in [0.25, 0.3) is 0 Å². The number of carbonyl (C=O) groups excluding carboxylic acids is 1. The Morgan fingerprint density at radius 2 is 2.05 bits per heavy atom. The fourth-order valence-electron chi connectivity index (χ4n) is 2.41. The van der Waals surface area contributed by atoms with Crippen LogP contribution in [-0.4, -0.2) is 12.5 Å². The van der Waals surface area contributed by atoms with Gasteiger partial charge in [-0.25, -0.2) is 4.39 Å². The van der Waals surface area contributed by atoms with Crippen molar-refractivity contribution in [3.05, 3.63) is 57.5 Å². The zero-order valence-corrected chi connectivity index (χ0v) is 12.1. The van der Waals surface area contributed by atoms with Crippen LogP contribution in [0.15, 0.2) is 35.7 Å². The molecule has 1 aromatic carbocycles. The minimum Gasteiger partial charge on any atom is -0.350 e. The summed E-state index contributed by atoms with van der Waals surface area (Å²) in [5, 5.41) is 4.98. The summed E-state index contributed by atoms with van der Waals surface area (Å²) in [7, 11) is 0. The molecule has 0 atom stereocenters. The molecule has 1 heterocycles. The van der Waals surface area contributed by atoms with Gasteiger partial charge in [0.15, 0.2) is 0 Å². The number of hydrogen-bond donors (Lipinski definition) is 1. The first-order valence-electron chi connectivity index (χ1n) is 6.68. The van der Waals surface area contributed by atoms with Crippen LogP contribution < -0.4 is 5.32 Å². The Balaban J connectivity index is 1.66. The third-order valence-corrected chi connectivity index (χ3v) is 4.90. The van der Waals surface area contributed by atoms with Gasteiger partial charge in [-0.05, 0) is 54.5 Å². The van der Waals surface area contributed by atoms with E-state index in [1.54, 1.807) is 0 Å². The summed E-state index contributed by atoms with van der Waals surface area (Å²) in [5.41, 5.74) is 2.23. The zero-order chi connectivity index (χ0) is 14.2. The van der Waals surface area contributed by atoms with Crippen LogP contribution in [0.2, 0.25) is 0 Å². The number of amides is 1. The predicted molar refractivity (Wildman–Crippen MR) is 78.7 cm³/mol. The van der Waals surface area contributed by atoms with Crippen molar-refractivity contribution in [2.45, 2.75) is 25.2 Å². The van der Waals surface area contributed by atoms with E-state index in [-0.39, 0.29) is 17.1 Å². The topological polar surface area (TPSA) is 29.1 Å². The van der Waals surface area contributed by atoms with Gasteiger partial charge >= 0.3 is 0 Å². The van der Waals surface area contributed by atoms with Crippen LogP contribution in [-0.2, 0) is 5.41 Å². The number of nitrogens with one attached hydrogen (secondary N) is 1. The Morgan fingerprint density at radius 1 is 1.35 bits per heavy atom. The molecule has 1 aliphatic rings. The standard InChI is InChI=1S/C16H16FNOS/c1-11-8-14(20-9-11)15(19)18-10-16(6-7-16)12-2-4-13(17)5-3-12/h2-5,8-9H,6-7,10H2,1H3,(H,18,19). The van der Waals surface area contributed by atoms with Crippen molar-refractivity contribution < 1.29 is 9.18 Å². The van der Waals surface area contributed by atoms with Crippen molar-refractivity contribution in [2.24, 2.45) is 0 Å². The second-order valence-corrected chi connectivity index (χ2v) is 6.37. The Labute approximate surface area is 121 Å². The number of benzene rings is 1. The number of halogens is 1. The van der Waals surface area contributed by atoms with Gasteiger partial charge in [0.25, 0.3) is 5.91 Å². The predicted octanol–water partition coefficient (Wildman–Crippen LogP) is 3.66. The number of thiophene rings is 1. The van der Waals surface area contributed by atoms with Crippen LogP contribution in [0, 0.1) is 12.7 Å². The summed E-state index contributed by atoms with van der Waals surface area (Å²) in [4.78, 5) is 12.8. The van der Waals surface area contributed by atoms with Crippen LogP contribution in [0.5, 0.6) is 0 Å². The van der Waals surface area contributed by atoms with Gasteiger partial charge in [-0.3, -0.25) is 4.79 Å². The lowest BCUT2D eigenvalue weighted by atomic mass is 9.96. The third-order valence-electron chi connectivity index (χ3n) is 3.85. The van der Waals surface area contributed by atoms with Crippen molar-refractivity contribution in [1.29, 1.82) is 0 Å². The fourth-order valence-corrected chi connectivity index (χ4v) is 3.22. The smallest absolute Gasteiger partial charge is 0.261 e.